The van der Waals surface area contributed by atoms with Gasteiger partial charge in [0.25, 0.3) is 0 Å². The van der Waals surface area contributed by atoms with Crippen LogP contribution in [0, 0.1) is 0 Å². The van der Waals surface area contributed by atoms with Crippen molar-refractivity contribution >= 4 is 35.8 Å². The third-order valence-corrected chi connectivity index (χ3v) is 2.07. The SMILES string of the molecule is C=C(C)CN(C)C(=NCC(=O)N(C)C)NCC.I. The molecule has 0 saturated heterocycles. The number of amides is 1. The van der Waals surface area contributed by atoms with Gasteiger partial charge in [0.05, 0.1) is 0 Å². The van der Waals surface area contributed by atoms with Crippen LogP contribution < -0.4 is 5.32 Å². The number of carbonyl (C=O) groups is 1. The third-order valence-electron chi connectivity index (χ3n) is 2.07. The van der Waals surface area contributed by atoms with Gasteiger partial charge in [0.1, 0.15) is 6.54 Å². The lowest BCUT2D eigenvalue weighted by Gasteiger charge is -2.22. The van der Waals surface area contributed by atoms with Gasteiger partial charge in [-0.15, -0.1) is 24.0 Å². The summed E-state index contributed by atoms with van der Waals surface area (Å²) in [6, 6.07) is 0. The second-order valence-electron chi connectivity index (χ2n) is 4.27. The highest BCUT2D eigenvalue weighted by Gasteiger charge is 2.07. The molecule has 0 aromatic rings. The molecule has 1 N–H and O–H groups in total. The van der Waals surface area contributed by atoms with Gasteiger partial charge in [-0.3, -0.25) is 4.79 Å². The number of hydrogen-bond donors (Lipinski definition) is 1. The van der Waals surface area contributed by atoms with Crippen LogP contribution in [0.5, 0.6) is 0 Å². The Balaban J connectivity index is 0. The Labute approximate surface area is 127 Å². The Morgan fingerprint density at radius 1 is 1.33 bits per heavy atom. The fraction of sp³-hybridized carbons (Fsp3) is 0.667. The summed E-state index contributed by atoms with van der Waals surface area (Å²) < 4.78 is 0. The third kappa shape index (κ3) is 8.32. The molecule has 0 aromatic carbocycles. The number of carbonyl (C=O) groups excluding carboxylic acids is 1. The lowest BCUT2D eigenvalue weighted by atomic mass is 10.3. The van der Waals surface area contributed by atoms with E-state index in [1.54, 1.807) is 14.1 Å². The van der Waals surface area contributed by atoms with E-state index < -0.39 is 0 Å². The Hall–Kier alpha value is -0.790. The van der Waals surface area contributed by atoms with Gasteiger partial charge in [0.2, 0.25) is 5.91 Å². The monoisotopic (exact) mass is 368 g/mol. The molecule has 0 spiro atoms. The maximum Gasteiger partial charge on any atom is 0.243 e. The van der Waals surface area contributed by atoms with Crippen LogP contribution in [0.3, 0.4) is 0 Å². The molecule has 0 bridgehead atoms. The van der Waals surface area contributed by atoms with Crippen molar-refractivity contribution in [2.45, 2.75) is 13.8 Å². The molecule has 0 aliphatic heterocycles. The van der Waals surface area contributed by atoms with Crippen molar-refractivity contribution in [2.75, 3.05) is 40.8 Å². The minimum absolute atomic E-state index is 0. The van der Waals surface area contributed by atoms with Gasteiger partial charge in [-0.1, -0.05) is 12.2 Å². The summed E-state index contributed by atoms with van der Waals surface area (Å²) in [5.74, 6) is 0.717. The summed E-state index contributed by atoms with van der Waals surface area (Å²) in [6.07, 6.45) is 0. The van der Waals surface area contributed by atoms with Crippen molar-refractivity contribution in [2.24, 2.45) is 4.99 Å². The molecule has 5 nitrogen and oxygen atoms in total. The van der Waals surface area contributed by atoms with Crippen molar-refractivity contribution in [1.29, 1.82) is 0 Å². The standard InChI is InChI=1S/C12H24N4O.HI/c1-7-13-12(16(6)9-10(2)3)14-8-11(17)15(4)5;/h2,7-9H2,1,3-6H3,(H,13,14);1H. The van der Waals surface area contributed by atoms with E-state index in [2.05, 4.69) is 16.9 Å². The first-order valence-electron chi connectivity index (χ1n) is 5.72. The molecule has 0 atom stereocenters. The number of hydrogen-bond acceptors (Lipinski definition) is 2. The molecule has 0 heterocycles. The summed E-state index contributed by atoms with van der Waals surface area (Å²) in [5, 5.41) is 3.15. The Morgan fingerprint density at radius 2 is 1.89 bits per heavy atom. The van der Waals surface area contributed by atoms with E-state index in [-0.39, 0.29) is 36.4 Å². The van der Waals surface area contributed by atoms with Crippen LogP contribution in [-0.2, 0) is 4.79 Å². The minimum Gasteiger partial charge on any atom is -0.357 e. The van der Waals surface area contributed by atoms with Gasteiger partial charge >= 0.3 is 0 Å². The number of nitrogens with one attached hydrogen (secondary N) is 1. The highest BCUT2D eigenvalue weighted by Crippen LogP contribution is 1.94. The molecule has 0 unspecified atom stereocenters. The molecule has 0 aliphatic rings. The van der Waals surface area contributed by atoms with E-state index >= 15 is 0 Å². The topological polar surface area (TPSA) is 47.9 Å². The molecule has 0 rings (SSSR count). The zero-order valence-electron chi connectivity index (χ0n) is 12.0. The maximum atomic E-state index is 11.5. The molecule has 0 fully saturated rings. The quantitative estimate of drug-likeness (QED) is 0.343. The van der Waals surface area contributed by atoms with Crippen LogP contribution in [-0.4, -0.2) is 62.4 Å². The summed E-state index contributed by atoms with van der Waals surface area (Å²) in [6.45, 7) is 9.48. The average Bonchev–Trinajstić information content (AvgIpc) is 2.22. The number of likely N-dealkylation sites (N-methyl/N-ethyl adjacent to an activating group) is 2. The smallest absolute Gasteiger partial charge is 0.243 e. The predicted molar refractivity (Wildman–Crippen MR) is 87.5 cm³/mol. The molecule has 0 saturated carbocycles. The lowest BCUT2D eigenvalue weighted by molar-refractivity contribution is -0.127. The summed E-state index contributed by atoms with van der Waals surface area (Å²) >= 11 is 0. The minimum atomic E-state index is -0.0101. The van der Waals surface area contributed by atoms with Gasteiger partial charge in [-0.2, -0.15) is 0 Å². The second-order valence-corrected chi connectivity index (χ2v) is 4.27. The molecule has 6 heteroatoms. The van der Waals surface area contributed by atoms with E-state index in [0.29, 0.717) is 0 Å². The fourth-order valence-corrected chi connectivity index (χ4v) is 1.23. The molecule has 1 amide bonds. The molecular weight excluding hydrogens is 343 g/mol. The largest absolute Gasteiger partial charge is 0.357 e. The van der Waals surface area contributed by atoms with Crippen LogP contribution >= 0.6 is 24.0 Å². The number of nitrogens with zero attached hydrogens (tertiary/aromatic N) is 3. The van der Waals surface area contributed by atoms with E-state index in [4.69, 9.17) is 0 Å². The van der Waals surface area contributed by atoms with Crippen molar-refractivity contribution in [3.05, 3.63) is 12.2 Å². The Bertz CT molecular complexity index is 302. The molecule has 0 aliphatic carbocycles. The molecule has 0 aromatic heterocycles. The van der Waals surface area contributed by atoms with Crippen LogP contribution in [0.2, 0.25) is 0 Å². The number of aliphatic imine (C=N–C) groups is 1. The molecular formula is C12H25IN4O. The first-order valence-corrected chi connectivity index (χ1v) is 5.72. The normalized spacial score (nSPS) is 10.4. The summed E-state index contributed by atoms with van der Waals surface area (Å²) in [4.78, 5) is 19.2. The van der Waals surface area contributed by atoms with E-state index in [1.165, 1.54) is 4.90 Å². The van der Waals surface area contributed by atoms with Crippen LogP contribution in [0.25, 0.3) is 0 Å². The Morgan fingerprint density at radius 3 is 2.28 bits per heavy atom. The van der Waals surface area contributed by atoms with Crippen LogP contribution in [0.1, 0.15) is 13.8 Å². The average molecular weight is 368 g/mol. The number of halogens is 1. The van der Waals surface area contributed by atoms with E-state index in [9.17, 15) is 4.79 Å². The summed E-state index contributed by atoms with van der Waals surface area (Å²) in [5.41, 5.74) is 1.05. The first kappa shape index (κ1) is 19.5. The van der Waals surface area contributed by atoms with E-state index in [0.717, 1.165) is 24.6 Å². The zero-order valence-corrected chi connectivity index (χ0v) is 14.3. The first-order chi connectivity index (χ1) is 7.88. The van der Waals surface area contributed by atoms with Gasteiger partial charge in [-0.25, -0.2) is 4.99 Å². The summed E-state index contributed by atoms with van der Waals surface area (Å²) in [7, 11) is 5.38. The van der Waals surface area contributed by atoms with Crippen molar-refractivity contribution in [3.8, 4) is 0 Å². The fourth-order valence-electron chi connectivity index (χ4n) is 1.23. The van der Waals surface area contributed by atoms with Gasteiger partial charge in [0, 0.05) is 34.2 Å². The van der Waals surface area contributed by atoms with Gasteiger partial charge < -0.3 is 15.1 Å². The molecule has 106 valence electrons. The Kier molecular flexibility index (Phi) is 11.0. The van der Waals surface area contributed by atoms with Crippen molar-refractivity contribution < 1.29 is 4.79 Å². The van der Waals surface area contributed by atoms with Crippen molar-refractivity contribution in [1.82, 2.24) is 15.1 Å². The zero-order chi connectivity index (χ0) is 13.4. The van der Waals surface area contributed by atoms with Gasteiger partial charge in [0.15, 0.2) is 5.96 Å². The second kappa shape index (κ2) is 10.2. The van der Waals surface area contributed by atoms with E-state index in [1.807, 2.05) is 25.8 Å². The maximum absolute atomic E-state index is 11.5. The predicted octanol–water partition coefficient (Wildman–Crippen LogP) is 1.17. The molecule has 18 heavy (non-hydrogen) atoms. The van der Waals surface area contributed by atoms with Gasteiger partial charge in [-0.05, 0) is 13.8 Å². The van der Waals surface area contributed by atoms with Crippen LogP contribution in [0.4, 0.5) is 0 Å². The number of guanidine groups is 1. The lowest BCUT2D eigenvalue weighted by Crippen LogP contribution is -2.40. The highest BCUT2D eigenvalue weighted by molar-refractivity contribution is 14.0. The van der Waals surface area contributed by atoms with Crippen molar-refractivity contribution in [3.63, 3.8) is 0 Å². The number of rotatable bonds is 5. The highest BCUT2D eigenvalue weighted by atomic mass is 127. The molecule has 0 radical (unpaired) electrons. The van der Waals surface area contributed by atoms with Crippen LogP contribution in [0.15, 0.2) is 17.1 Å².